The molecule has 2 rings (SSSR count). The van der Waals surface area contributed by atoms with Gasteiger partial charge in [-0.25, -0.2) is 0 Å². The maximum absolute atomic E-state index is 12.7. The number of hydrogen-bond donors (Lipinski definition) is 0. The molecular formula is C19H35N5O. The fourth-order valence-corrected chi connectivity index (χ4v) is 4.01. The predicted octanol–water partition coefficient (Wildman–Crippen LogP) is 1.09. The van der Waals surface area contributed by atoms with Gasteiger partial charge in [-0.2, -0.15) is 5.26 Å². The number of piperidine rings is 1. The van der Waals surface area contributed by atoms with Gasteiger partial charge in [0.25, 0.3) is 0 Å². The Kier molecular flexibility index (Phi) is 7.24. The van der Waals surface area contributed by atoms with Crippen LogP contribution in [0.3, 0.4) is 0 Å². The van der Waals surface area contributed by atoms with Gasteiger partial charge in [-0.1, -0.05) is 13.8 Å². The zero-order chi connectivity index (χ0) is 18.6. The van der Waals surface area contributed by atoms with E-state index in [1.54, 1.807) is 0 Å². The first-order chi connectivity index (χ1) is 11.8. The molecule has 0 aromatic carbocycles. The molecule has 25 heavy (non-hydrogen) atoms. The number of likely N-dealkylation sites (N-methyl/N-ethyl adjacent to an activating group) is 1. The van der Waals surface area contributed by atoms with Crippen molar-refractivity contribution in [2.75, 3.05) is 53.4 Å². The lowest BCUT2D eigenvalue weighted by Gasteiger charge is -2.41. The topological polar surface area (TPSA) is 53.8 Å². The summed E-state index contributed by atoms with van der Waals surface area (Å²) >= 11 is 0. The average Bonchev–Trinajstić information content (AvgIpc) is 2.58. The molecule has 2 saturated heterocycles. The zero-order valence-corrected chi connectivity index (χ0v) is 16.6. The number of carbonyl (C=O) groups excluding carboxylic acids is 1. The Balaban J connectivity index is 1.80. The Morgan fingerprint density at radius 1 is 1.24 bits per heavy atom. The SMILES string of the molecule is CC(C)[C@H](C#N)N1CCN(C(=O)CN(C)[C@@H]2CCN(C)[C@H](C)C2)CC1. The highest BCUT2D eigenvalue weighted by Gasteiger charge is 2.30. The maximum atomic E-state index is 12.7. The van der Waals surface area contributed by atoms with E-state index in [0.29, 0.717) is 24.5 Å². The minimum Gasteiger partial charge on any atom is -0.339 e. The van der Waals surface area contributed by atoms with E-state index in [1.165, 1.54) is 0 Å². The van der Waals surface area contributed by atoms with Crippen LogP contribution in [0, 0.1) is 17.2 Å². The summed E-state index contributed by atoms with van der Waals surface area (Å²) < 4.78 is 0. The first-order valence-electron chi connectivity index (χ1n) is 9.65. The van der Waals surface area contributed by atoms with Crippen molar-refractivity contribution in [3.63, 3.8) is 0 Å². The summed E-state index contributed by atoms with van der Waals surface area (Å²) in [7, 11) is 4.26. The van der Waals surface area contributed by atoms with Crippen LogP contribution in [-0.2, 0) is 4.79 Å². The van der Waals surface area contributed by atoms with Gasteiger partial charge in [-0.3, -0.25) is 14.6 Å². The first kappa shape index (κ1) is 20.2. The summed E-state index contributed by atoms with van der Waals surface area (Å²) in [5, 5.41) is 9.34. The van der Waals surface area contributed by atoms with E-state index in [2.05, 4.69) is 55.6 Å². The second-order valence-electron chi connectivity index (χ2n) is 8.16. The van der Waals surface area contributed by atoms with Crippen molar-refractivity contribution in [3.05, 3.63) is 0 Å². The van der Waals surface area contributed by atoms with Crippen molar-refractivity contribution in [2.45, 2.75) is 51.7 Å². The summed E-state index contributed by atoms with van der Waals surface area (Å²) in [6.07, 6.45) is 2.27. The number of nitriles is 1. The van der Waals surface area contributed by atoms with Gasteiger partial charge in [0.1, 0.15) is 6.04 Å². The number of amides is 1. The Labute approximate surface area is 153 Å². The third kappa shape index (κ3) is 5.16. The van der Waals surface area contributed by atoms with Crippen molar-refractivity contribution in [1.82, 2.24) is 19.6 Å². The molecule has 3 atom stereocenters. The molecule has 0 aromatic heterocycles. The Bertz CT molecular complexity index is 481. The second kappa shape index (κ2) is 8.98. The molecule has 2 heterocycles. The van der Waals surface area contributed by atoms with Gasteiger partial charge in [0, 0.05) is 38.3 Å². The molecule has 0 aliphatic carbocycles. The van der Waals surface area contributed by atoms with Crippen LogP contribution in [0.4, 0.5) is 0 Å². The molecule has 0 N–H and O–H groups in total. The maximum Gasteiger partial charge on any atom is 0.236 e. The van der Waals surface area contributed by atoms with Gasteiger partial charge >= 0.3 is 0 Å². The number of nitrogens with zero attached hydrogens (tertiary/aromatic N) is 5. The first-order valence-corrected chi connectivity index (χ1v) is 9.65. The third-order valence-electron chi connectivity index (χ3n) is 6.01. The van der Waals surface area contributed by atoms with Crippen LogP contribution in [-0.4, -0.2) is 97.0 Å². The largest absolute Gasteiger partial charge is 0.339 e. The lowest BCUT2D eigenvalue weighted by atomic mass is 9.98. The third-order valence-corrected chi connectivity index (χ3v) is 6.01. The number of likely N-dealkylation sites (tertiary alicyclic amines) is 1. The number of hydrogen-bond acceptors (Lipinski definition) is 5. The molecule has 6 heteroatoms. The highest BCUT2D eigenvalue weighted by atomic mass is 16.2. The summed E-state index contributed by atoms with van der Waals surface area (Å²) in [5.74, 6) is 0.552. The summed E-state index contributed by atoms with van der Waals surface area (Å²) in [6, 6.07) is 3.45. The minimum atomic E-state index is -0.0411. The lowest BCUT2D eigenvalue weighted by Crippen LogP contribution is -2.55. The molecule has 0 radical (unpaired) electrons. The summed E-state index contributed by atoms with van der Waals surface area (Å²) in [6.45, 7) is 11.1. The molecule has 0 spiro atoms. The van der Waals surface area contributed by atoms with Crippen LogP contribution in [0.25, 0.3) is 0 Å². The molecular weight excluding hydrogens is 314 g/mol. The van der Waals surface area contributed by atoms with Gasteiger partial charge in [-0.15, -0.1) is 0 Å². The van der Waals surface area contributed by atoms with Crippen molar-refractivity contribution in [2.24, 2.45) is 5.92 Å². The molecule has 0 unspecified atom stereocenters. The highest BCUT2D eigenvalue weighted by molar-refractivity contribution is 5.78. The average molecular weight is 350 g/mol. The fraction of sp³-hybridized carbons (Fsp3) is 0.895. The van der Waals surface area contributed by atoms with Crippen LogP contribution >= 0.6 is 0 Å². The van der Waals surface area contributed by atoms with E-state index in [0.717, 1.165) is 45.6 Å². The molecule has 0 saturated carbocycles. The van der Waals surface area contributed by atoms with Crippen molar-refractivity contribution in [3.8, 4) is 6.07 Å². The van der Waals surface area contributed by atoms with Gasteiger partial charge in [0.05, 0.1) is 12.6 Å². The van der Waals surface area contributed by atoms with Gasteiger partial charge in [-0.05, 0) is 46.3 Å². The molecule has 0 bridgehead atoms. The Hall–Kier alpha value is -1.16. The van der Waals surface area contributed by atoms with Crippen LogP contribution in [0.5, 0.6) is 0 Å². The monoisotopic (exact) mass is 349 g/mol. The second-order valence-corrected chi connectivity index (χ2v) is 8.16. The number of carbonyl (C=O) groups is 1. The minimum absolute atomic E-state index is 0.0411. The lowest BCUT2D eigenvalue weighted by molar-refractivity contribution is -0.135. The van der Waals surface area contributed by atoms with Gasteiger partial charge < -0.3 is 9.80 Å². The van der Waals surface area contributed by atoms with Gasteiger partial charge in [0.15, 0.2) is 0 Å². The van der Waals surface area contributed by atoms with Crippen molar-refractivity contribution >= 4 is 5.91 Å². The van der Waals surface area contributed by atoms with Gasteiger partial charge in [0.2, 0.25) is 5.91 Å². The predicted molar refractivity (Wildman–Crippen MR) is 100 cm³/mol. The smallest absolute Gasteiger partial charge is 0.236 e. The van der Waals surface area contributed by atoms with Crippen LogP contribution < -0.4 is 0 Å². The van der Waals surface area contributed by atoms with E-state index < -0.39 is 0 Å². The Morgan fingerprint density at radius 3 is 2.40 bits per heavy atom. The summed E-state index contributed by atoms with van der Waals surface area (Å²) in [5.41, 5.74) is 0. The summed E-state index contributed by atoms with van der Waals surface area (Å²) in [4.78, 5) is 21.5. The standard InChI is InChI=1S/C19H35N5O/c1-15(2)18(13-20)23-8-10-24(11-9-23)19(25)14-22(5)17-6-7-21(4)16(3)12-17/h15-18H,6-12,14H2,1-5H3/t16-,17-,18+/m1/s1. The molecule has 2 fully saturated rings. The molecule has 0 aromatic rings. The van der Waals surface area contributed by atoms with E-state index in [9.17, 15) is 10.1 Å². The quantitative estimate of drug-likeness (QED) is 0.744. The molecule has 2 aliphatic rings. The zero-order valence-electron chi connectivity index (χ0n) is 16.6. The molecule has 6 nitrogen and oxygen atoms in total. The van der Waals surface area contributed by atoms with E-state index in [-0.39, 0.29) is 11.9 Å². The number of piperazine rings is 1. The van der Waals surface area contributed by atoms with Crippen LogP contribution in [0.2, 0.25) is 0 Å². The van der Waals surface area contributed by atoms with E-state index in [1.807, 2.05) is 4.90 Å². The van der Waals surface area contributed by atoms with E-state index >= 15 is 0 Å². The van der Waals surface area contributed by atoms with Crippen molar-refractivity contribution in [1.29, 1.82) is 5.26 Å². The Morgan fingerprint density at radius 2 is 1.88 bits per heavy atom. The van der Waals surface area contributed by atoms with Crippen molar-refractivity contribution < 1.29 is 4.79 Å². The van der Waals surface area contributed by atoms with E-state index in [4.69, 9.17) is 0 Å². The fourth-order valence-electron chi connectivity index (χ4n) is 4.01. The van der Waals surface area contributed by atoms with Crippen LogP contribution in [0.15, 0.2) is 0 Å². The molecule has 1 amide bonds. The number of rotatable bonds is 5. The van der Waals surface area contributed by atoms with Crippen LogP contribution in [0.1, 0.15) is 33.6 Å². The normalized spacial score (nSPS) is 27.5. The molecule has 2 aliphatic heterocycles. The highest BCUT2D eigenvalue weighted by Crippen LogP contribution is 2.20. The molecule has 142 valence electrons.